The molecular formula is C17H13NO5. The monoisotopic (exact) mass is 311 g/mol. The molecule has 6 heteroatoms. The molecule has 3 aromatic rings. The molecule has 0 fully saturated rings. The molecule has 23 heavy (non-hydrogen) atoms. The Bertz CT molecular complexity index is 945. The number of anilines is 1. The van der Waals surface area contributed by atoms with Crippen molar-refractivity contribution in [2.24, 2.45) is 0 Å². The van der Waals surface area contributed by atoms with Gasteiger partial charge in [0.2, 0.25) is 0 Å². The third kappa shape index (κ3) is 2.74. The van der Waals surface area contributed by atoms with E-state index in [1.807, 2.05) is 0 Å². The molecule has 0 saturated carbocycles. The fraction of sp³-hybridized carbons (Fsp3) is 0.0588. The fourth-order valence-corrected chi connectivity index (χ4v) is 2.21. The summed E-state index contributed by atoms with van der Waals surface area (Å²) in [6.45, 7) is 0. The second-order valence-corrected chi connectivity index (χ2v) is 4.80. The molecule has 1 amide bonds. The van der Waals surface area contributed by atoms with Crippen LogP contribution < -0.4 is 15.7 Å². The van der Waals surface area contributed by atoms with E-state index in [9.17, 15) is 14.7 Å². The lowest BCUT2D eigenvalue weighted by Gasteiger charge is -2.08. The summed E-state index contributed by atoms with van der Waals surface area (Å²) >= 11 is 0. The van der Waals surface area contributed by atoms with Crippen LogP contribution in [0.25, 0.3) is 11.0 Å². The van der Waals surface area contributed by atoms with E-state index in [0.717, 1.165) is 0 Å². The van der Waals surface area contributed by atoms with Crippen molar-refractivity contribution in [3.05, 3.63) is 64.5 Å². The molecule has 1 heterocycles. The van der Waals surface area contributed by atoms with Gasteiger partial charge >= 0.3 is 5.63 Å². The maximum atomic E-state index is 12.3. The smallest absolute Gasteiger partial charge is 0.349 e. The highest BCUT2D eigenvalue weighted by Crippen LogP contribution is 2.25. The molecule has 0 bridgehead atoms. The molecule has 0 unspecified atom stereocenters. The third-order valence-corrected chi connectivity index (χ3v) is 3.34. The van der Waals surface area contributed by atoms with E-state index in [4.69, 9.17) is 9.15 Å². The minimum atomic E-state index is -0.782. The van der Waals surface area contributed by atoms with Crippen molar-refractivity contribution >= 4 is 22.6 Å². The van der Waals surface area contributed by atoms with E-state index < -0.39 is 11.5 Å². The van der Waals surface area contributed by atoms with E-state index in [2.05, 4.69) is 5.32 Å². The Balaban J connectivity index is 2.03. The van der Waals surface area contributed by atoms with Gasteiger partial charge in [-0.2, -0.15) is 0 Å². The van der Waals surface area contributed by atoms with Crippen LogP contribution in [0, 0.1) is 0 Å². The molecule has 0 aliphatic carbocycles. The molecule has 0 aliphatic heterocycles. The van der Waals surface area contributed by atoms with Crippen molar-refractivity contribution < 1.29 is 19.1 Å². The number of nitrogens with one attached hydrogen (secondary N) is 1. The van der Waals surface area contributed by atoms with Crippen LogP contribution in [0.1, 0.15) is 10.4 Å². The number of aromatic hydroxyl groups is 1. The highest BCUT2D eigenvalue weighted by Gasteiger charge is 2.16. The second-order valence-electron chi connectivity index (χ2n) is 4.80. The number of phenols is 1. The Hall–Kier alpha value is -3.28. The zero-order chi connectivity index (χ0) is 16.4. The van der Waals surface area contributed by atoms with Gasteiger partial charge < -0.3 is 19.6 Å². The topological polar surface area (TPSA) is 88.8 Å². The highest BCUT2D eigenvalue weighted by atomic mass is 16.5. The lowest BCUT2D eigenvalue weighted by Crippen LogP contribution is -2.20. The van der Waals surface area contributed by atoms with Gasteiger partial charge in [0.25, 0.3) is 5.91 Å². The number of phenolic OH excluding ortho intramolecular Hbond substituents is 1. The van der Waals surface area contributed by atoms with Crippen molar-refractivity contribution in [3.63, 3.8) is 0 Å². The van der Waals surface area contributed by atoms with Gasteiger partial charge in [0, 0.05) is 5.39 Å². The zero-order valence-electron chi connectivity index (χ0n) is 12.2. The van der Waals surface area contributed by atoms with Crippen LogP contribution in [0.2, 0.25) is 0 Å². The van der Waals surface area contributed by atoms with Gasteiger partial charge in [-0.1, -0.05) is 24.3 Å². The van der Waals surface area contributed by atoms with Crippen LogP contribution in [0.5, 0.6) is 11.5 Å². The maximum absolute atomic E-state index is 12.3. The minimum Gasteiger partial charge on any atom is -0.506 e. The normalized spacial score (nSPS) is 10.5. The number of fused-ring (bicyclic) bond motifs is 1. The standard InChI is InChI=1S/C17H13NO5/c1-22-14-8-4-5-10-9-11(17(21)23-15(10)14)16(20)18-12-6-2-3-7-13(12)19/h2-9,19H,1H3,(H,18,20). The average Bonchev–Trinajstić information content (AvgIpc) is 2.55. The van der Waals surface area contributed by atoms with Crippen LogP contribution in [0.4, 0.5) is 5.69 Å². The summed E-state index contributed by atoms with van der Waals surface area (Å²) in [6.07, 6.45) is 0. The van der Waals surface area contributed by atoms with Crippen LogP contribution in [-0.4, -0.2) is 18.1 Å². The fourth-order valence-electron chi connectivity index (χ4n) is 2.21. The van der Waals surface area contributed by atoms with Gasteiger partial charge in [0.15, 0.2) is 11.3 Å². The number of methoxy groups -OCH3 is 1. The lowest BCUT2D eigenvalue weighted by atomic mass is 10.1. The molecular weight excluding hydrogens is 298 g/mol. The molecule has 0 spiro atoms. The molecule has 0 saturated heterocycles. The van der Waals surface area contributed by atoms with Crippen molar-refractivity contribution in [2.45, 2.75) is 0 Å². The van der Waals surface area contributed by atoms with Gasteiger partial charge in [0.05, 0.1) is 12.8 Å². The van der Waals surface area contributed by atoms with Crippen LogP contribution in [0.15, 0.2) is 57.7 Å². The lowest BCUT2D eigenvalue weighted by molar-refractivity contribution is 0.102. The summed E-state index contributed by atoms with van der Waals surface area (Å²) in [7, 11) is 1.47. The molecule has 0 radical (unpaired) electrons. The number of carbonyl (C=O) groups excluding carboxylic acids is 1. The summed E-state index contributed by atoms with van der Waals surface area (Å²) in [5, 5.41) is 12.7. The van der Waals surface area contributed by atoms with E-state index in [-0.39, 0.29) is 22.6 Å². The van der Waals surface area contributed by atoms with Gasteiger partial charge in [-0.25, -0.2) is 4.79 Å². The predicted octanol–water partition coefficient (Wildman–Crippen LogP) is 2.76. The van der Waals surface area contributed by atoms with E-state index in [1.165, 1.54) is 25.3 Å². The number of rotatable bonds is 3. The largest absolute Gasteiger partial charge is 0.506 e. The Kier molecular flexibility index (Phi) is 3.72. The second kappa shape index (κ2) is 5.84. The van der Waals surface area contributed by atoms with Crippen molar-refractivity contribution in [1.82, 2.24) is 0 Å². The van der Waals surface area contributed by atoms with E-state index in [0.29, 0.717) is 11.1 Å². The third-order valence-electron chi connectivity index (χ3n) is 3.34. The molecule has 6 nitrogen and oxygen atoms in total. The SMILES string of the molecule is COc1cccc2cc(C(=O)Nc3ccccc3O)c(=O)oc12. The number of carbonyl (C=O) groups is 1. The molecule has 1 aromatic heterocycles. The van der Waals surface area contributed by atoms with Crippen LogP contribution in [-0.2, 0) is 0 Å². The molecule has 116 valence electrons. The van der Waals surface area contributed by atoms with Crippen molar-refractivity contribution in [2.75, 3.05) is 12.4 Å². The Labute approximate surface area is 130 Å². The molecule has 0 aliphatic rings. The maximum Gasteiger partial charge on any atom is 0.349 e. The van der Waals surface area contributed by atoms with Crippen molar-refractivity contribution in [3.8, 4) is 11.5 Å². The summed E-state index contributed by atoms with van der Waals surface area (Å²) in [5.74, 6) is -0.343. The number of ether oxygens (including phenoxy) is 1. The molecule has 2 N–H and O–H groups in total. The van der Waals surface area contributed by atoms with Crippen LogP contribution in [0.3, 0.4) is 0 Å². The minimum absolute atomic E-state index is 0.0901. The number of hydrogen-bond acceptors (Lipinski definition) is 5. The Morgan fingerprint density at radius 2 is 1.96 bits per heavy atom. The van der Waals surface area contributed by atoms with Gasteiger partial charge in [-0.05, 0) is 24.3 Å². The van der Waals surface area contributed by atoms with Crippen LogP contribution >= 0.6 is 0 Å². The average molecular weight is 311 g/mol. The number of amides is 1. The Morgan fingerprint density at radius 1 is 1.17 bits per heavy atom. The van der Waals surface area contributed by atoms with Gasteiger partial charge in [-0.3, -0.25) is 4.79 Å². The quantitative estimate of drug-likeness (QED) is 0.573. The number of para-hydroxylation sites is 3. The molecule has 2 aromatic carbocycles. The first-order valence-electron chi connectivity index (χ1n) is 6.80. The summed E-state index contributed by atoms with van der Waals surface area (Å²) < 4.78 is 10.3. The summed E-state index contributed by atoms with van der Waals surface area (Å²) in [5.41, 5.74) is -0.453. The molecule has 0 atom stereocenters. The first-order chi connectivity index (χ1) is 11.1. The number of hydrogen-bond donors (Lipinski definition) is 2. The van der Waals surface area contributed by atoms with E-state index in [1.54, 1.807) is 30.3 Å². The van der Waals surface area contributed by atoms with Gasteiger partial charge in [-0.15, -0.1) is 0 Å². The highest BCUT2D eigenvalue weighted by molar-refractivity contribution is 6.06. The van der Waals surface area contributed by atoms with E-state index >= 15 is 0 Å². The number of benzene rings is 2. The Morgan fingerprint density at radius 3 is 2.70 bits per heavy atom. The predicted molar refractivity (Wildman–Crippen MR) is 85.1 cm³/mol. The summed E-state index contributed by atoms with van der Waals surface area (Å²) in [4.78, 5) is 24.3. The first kappa shape index (κ1) is 14.6. The molecule has 3 rings (SSSR count). The van der Waals surface area contributed by atoms with Crippen molar-refractivity contribution in [1.29, 1.82) is 0 Å². The van der Waals surface area contributed by atoms with Gasteiger partial charge in [0.1, 0.15) is 11.3 Å². The first-order valence-corrected chi connectivity index (χ1v) is 6.80. The summed E-state index contributed by atoms with van der Waals surface area (Å²) in [6, 6.07) is 12.8. The zero-order valence-corrected chi connectivity index (χ0v) is 12.2.